The average Bonchev–Trinajstić information content (AvgIpc) is 3.06. The van der Waals surface area contributed by atoms with Crippen molar-refractivity contribution < 1.29 is 23.7 Å². The van der Waals surface area contributed by atoms with Crippen LogP contribution in [0.3, 0.4) is 0 Å². The summed E-state index contributed by atoms with van der Waals surface area (Å²) >= 11 is 0. The van der Waals surface area contributed by atoms with Crippen LogP contribution in [0.4, 0.5) is 0 Å². The molecule has 0 radical (unpaired) electrons. The standard InChI is InChI=1S/C16H22N2O5.ClH/c17-10-16(3-6-20-7-4-16)15(19)18-5-8-21-12-1-2-13-14(9-12)23-11-22-13;/h1-2,9H,3-8,10-11,17H2,(H,18,19);1H. The summed E-state index contributed by atoms with van der Waals surface area (Å²) in [5.74, 6) is 2.06. The van der Waals surface area contributed by atoms with E-state index in [0.717, 1.165) is 5.75 Å². The maximum atomic E-state index is 12.4. The van der Waals surface area contributed by atoms with Gasteiger partial charge in [0.2, 0.25) is 12.7 Å². The van der Waals surface area contributed by atoms with Crippen molar-refractivity contribution in [2.75, 3.05) is 39.7 Å². The van der Waals surface area contributed by atoms with Gasteiger partial charge in [-0.3, -0.25) is 4.79 Å². The molecule has 24 heavy (non-hydrogen) atoms. The number of rotatable bonds is 6. The Morgan fingerprint density at radius 2 is 2.00 bits per heavy atom. The Kier molecular flexibility index (Phi) is 6.53. The number of carbonyl (C=O) groups is 1. The molecule has 0 saturated carbocycles. The fourth-order valence-corrected chi connectivity index (χ4v) is 2.77. The quantitative estimate of drug-likeness (QED) is 0.739. The second-order valence-electron chi connectivity index (χ2n) is 5.72. The van der Waals surface area contributed by atoms with Crippen LogP contribution in [0.2, 0.25) is 0 Å². The Labute approximate surface area is 147 Å². The van der Waals surface area contributed by atoms with Gasteiger partial charge in [-0.2, -0.15) is 0 Å². The topological polar surface area (TPSA) is 92.0 Å². The number of carbonyl (C=O) groups excluding carboxylic acids is 1. The molecule has 7 nitrogen and oxygen atoms in total. The highest BCUT2D eigenvalue weighted by molar-refractivity contribution is 5.85. The molecule has 2 heterocycles. The lowest BCUT2D eigenvalue weighted by Gasteiger charge is -2.34. The van der Waals surface area contributed by atoms with E-state index in [1.54, 1.807) is 6.07 Å². The minimum atomic E-state index is -0.503. The van der Waals surface area contributed by atoms with Crippen LogP contribution in [0, 0.1) is 5.41 Å². The number of hydrogen-bond acceptors (Lipinski definition) is 6. The number of amides is 1. The van der Waals surface area contributed by atoms with Gasteiger partial charge < -0.3 is 30.0 Å². The maximum absolute atomic E-state index is 12.4. The fourth-order valence-electron chi connectivity index (χ4n) is 2.77. The molecule has 0 unspecified atom stereocenters. The molecule has 1 aromatic carbocycles. The van der Waals surface area contributed by atoms with Crippen LogP contribution in [-0.2, 0) is 9.53 Å². The highest BCUT2D eigenvalue weighted by Crippen LogP contribution is 2.35. The van der Waals surface area contributed by atoms with Gasteiger partial charge in [-0.15, -0.1) is 12.4 Å². The van der Waals surface area contributed by atoms with E-state index in [1.165, 1.54) is 0 Å². The molecule has 3 N–H and O–H groups in total. The van der Waals surface area contributed by atoms with Gasteiger partial charge in [0.1, 0.15) is 12.4 Å². The molecule has 0 aliphatic carbocycles. The second kappa shape index (κ2) is 8.41. The van der Waals surface area contributed by atoms with Crippen LogP contribution in [-0.4, -0.2) is 45.6 Å². The lowest BCUT2D eigenvalue weighted by atomic mass is 9.79. The van der Waals surface area contributed by atoms with Crippen molar-refractivity contribution in [1.29, 1.82) is 0 Å². The molecule has 1 fully saturated rings. The van der Waals surface area contributed by atoms with Crippen LogP contribution in [0.1, 0.15) is 12.8 Å². The minimum Gasteiger partial charge on any atom is -0.492 e. The summed E-state index contributed by atoms with van der Waals surface area (Å²) in [4.78, 5) is 12.4. The van der Waals surface area contributed by atoms with Gasteiger partial charge in [0.05, 0.1) is 12.0 Å². The van der Waals surface area contributed by atoms with Crippen LogP contribution in [0.15, 0.2) is 18.2 Å². The largest absolute Gasteiger partial charge is 0.492 e. The Balaban J connectivity index is 0.00000208. The van der Waals surface area contributed by atoms with Gasteiger partial charge >= 0.3 is 0 Å². The maximum Gasteiger partial charge on any atom is 0.231 e. The Morgan fingerprint density at radius 3 is 2.75 bits per heavy atom. The second-order valence-corrected chi connectivity index (χ2v) is 5.72. The van der Waals surface area contributed by atoms with Gasteiger partial charge in [-0.1, -0.05) is 0 Å². The van der Waals surface area contributed by atoms with E-state index >= 15 is 0 Å². The number of fused-ring (bicyclic) bond motifs is 1. The molecule has 1 saturated heterocycles. The SMILES string of the molecule is Cl.NCC1(C(=O)NCCOc2ccc3c(c2)OCO3)CCOCC1. The monoisotopic (exact) mass is 358 g/mol. The number of halogens is 1. The normalized spacial score (nSPS) is 17.7. The fraction of sp³-hybridized carbons (Fsp3) is 0.562. The molecule has 134 valence electrons. The zero-order chi connectivity index (χ0) is 16.1. The van der Waals surface area contributed by atoms with E-state index in [1.807, 2.05) is 12.1 Å². The third kappa shape index (κ3) is 4.03. The van der Waals surface area contributed by atoms with Crippen molar-refractivity contribution in [3.8, 4) is 17.2 Å². The highest BCUT2D eigenvalue weighted by Gasteiger charge is 2.38. The predicted molar refractivity (Wildman–Crippen MR) is 89.9 cm³/mol. The first kappa shape index (κ1) is 18.6. The van der Waals surface area contributed by atoms with Crippen LogP contribution in [0.5, 0.6) is 17.2 Å². The van der Waals surface area contributed by atoms with E-state index in [9.17, 15) is 4.79 Å². The minimum absolute atomic E-state index is 0. The van der Waals surface area contributed by atoms with E-state index in [4.69, 9.17) is 24.7 Å². The van der Waals surface area contributed by atoms with Crippen molar-refractivity contribution in [2.45, 2.75) is 12.8 Å². The van der Waals surface area contributed by atoms with Gasteiger partial charge in [0.15, 0.2) is 11.5 Å². The van der Waals surface area contributed by atoms with E-state index in [-0.39, 0.29) is 25.1 Å². The molecule has 1 aromatic rings. The summed E-state index contributed by atoms with van der Waals surface area (Å²) in [7, 11) is 0. The van der Waals surface area contributed by atoms with Crippen LogP contribution < -0.4 is 25.3 Å². The third-order valence-electron chi connectivity index (χ3n) is 4.32. The number of nitrogens with two attached hydrogens (primary N) is 1. The number of ether oxygens (including phenoxy) is 4. The van der Waals surface area contributed by atoms with Gasteiger partial charge in [0.25, 0.3) is 0 Å². The number of nitrogens with one attached hydrogen (secondary N) is 1. The van der Waals surface area contributed by atoms with Gasteiger partial charge in [0, 0.05) is 25.8 Å². The predicted octanol–water partition coefficient (Wildman–Crippen LogP) is 1.09. The molecule has 2 aliphatic heterocycles. The first-order chi connectivity index (χ1) is 11.2. The zero-order valence-electron chi connectivity index (χ0n) is 13.4. The first-order valence-electron chi connectivity index (χ1n) is 7.82. The van der Waals surface area contributed by atoms with E-state index in [2.05, 4.69) is 5.32 Å². The third-order valence-corrected chi connectivity index (χ3v) is 4.32. The summed E-state index contributed by atoms with van der Waals surface area (Å²) in [6, 6.07) is 5.40. The van der Waals surface area contributed by atoms with Crippen molar-refractivity contribution in [3.63, 3.8) is 0 Å². The smallest absolute Gasteiger partial charge is 0.231 e. The molecule has 0 atom stereocenters. The van der Waals surface area contributed by atoms with Crippen molar-refractivity contribution >= 4 is 18.3 Å². The summed E-state index contributed by atoms with van der Waals surface area (Å²) in [5.41, 5.74) is 5.31. The Morgan fingerprint density at radius 1 is 1.25 bits per heavy atom. The molecule has 0 bridgehead atoms. The summed E-state index contributed by atoms with van der Waals surface area (Å²) in [6.07, 6.45) is 1.33. The molecule has 0 aromatic heterocycles. The molecule has 8 heteroatoms. The number of benzene rings is 1. The molecular weight excluding hydrogens is 336 g/mol. The number of hydrogen-bond donors (Lipinski definition) is 2. The lowest BCUT2D eigenvalue weighted by Crippen LogP contribution is -2.49. The first-order valence-corrected chi connectivity index (χ1v) is 7.82. The molecular formula is C16H23ClN2O5. The Bertz CT molecular complexity index is 563. The van der Waals surface area contributed by atoms with Crippen LogP contribution in [0.25, 0.3) is 0 Å². The summed E-state index contributed by atoms with van der Waals surface area (Å²) < 4.78 is 21.5. The van der Waals surface area contributed by atoms with Gasteiger partial charge in [-0.05, 0) is 25.0 Å². The summed E-state index contributed by atoms with van der Waals surface area (Å²) in [6.45, 7) is 2.54. The molecule has 1 amide bonds. The van der Waals surface area contributed by atoms with Crippen molar-refractivity contribution in [2.24, 2.45) is 11.1 Å². The average molecular weight is 359 g/mol. The molecule has 0 spiro atoms. The van der Waals surface area contributed by atoms with E-state index in [0.29, 0.717) is 57.3 Å². The van der Waals surface area contributed by atoms with Gasteiger partial charge in [-0.25, -0.2) is 0 Å². The molecule has 2 aliphatic rings. The van der Waals surface area contributed by atoms with Crippen molar-refractivity contribution in [1.82, 2.24) is 5.32 Å². The van der Waals surface area contributed by atoms with Crippen LogP contribution >= 0.6 is 12.4 Å². The zero-order valence-corrected chi connectivity index (χ0v) is 14.2. The Hall–Kier alpha value is -1.70. The van der Waals surface area contributed by atoms with Crippen molar-refractivity contribution in [3.05, 3.63) is 18.2 Å². The molecule has 3 rings (SSSR count). The summed E-state index contributed by atoms with van der Waals surface area (Å²) in [5, 5.41) is 2.91. The highest BCUT2D eigenvalue weighted by atomic mass is 35.5. The lowest BCUT2D eigenvalue weighted by molar-refractivity contribution is -0.136. The van der Waals surface area contributed by atoms with E-state index < -0.39 is 5.41 Å².